The maximum absolute atomic E-state index is 11.8. The molecule has 6 heteroatoms. The molecular weight excluding hydrogens is 469 g/mol. The Hall–Kier alpha value is -2.72. The summed E-state index contributed by atoms with van der Waals surface area (Å²) in [6, 6.07) is 11.3. The maximum Gasteiger partial charge on any atom is 2.00 e. The molecule has 5 nitrogen and oxygen atoms in total. The molecule has 1 heterocycles. The second-order valence-electron chi connectivity index (χ2n) is 10.4. The van der Waals surface area contributed by atoms with Gasteiger partial charge in [-0.1, -0.05) is 77.4 Å². The van der Waals surface area contributed by atoms with E-state index in [1.54, 1.807) is 18.5 Å². The van der Waals surface area contributed by atoms with Crippen LogP contribution in [0.2, 0.25) is 0 Å². The molecule has 3 aromatic rings. The van der Waals surface area contributed by atoms with Crippen LogP contribution in [0.5, 0.6) is 11.5 Å². The van der Waals surface area contributed by atoms with Gasteiger partial charge in [-0.3, -0.25) is 0 Å². The summed E-state index contributed by atoms with van der Waals surface area (Å²) >= 11 is 0. The van der Waals surface area contributed by atoms with E-state index in [-0.39, 0.29) is 33.1 Å². The van der Waals surface area contributed by atoms with Crippen LogP contribution in [0, 0.1) is 13.8 Å². The van der Waals surface area contributed by atoms with E-state index in [4.69, 9.17) is 0 Å². The summed E-state index contributed by atoms with van der Waals surface area (Å²) < 4.78 is 0. The van der Waals surface area contributed by atoms with Gasteiger partial charge in [0, 0.05) is 12.4 Å². The van der Waals surface area contributed by atoms with Crippen molar-refractivity contribution in [2.75, 3.05) is 0 Å². The van der Waals surface area contributed by atoms with Gasteiger partial charge in [0.05, 0.1) is 11.4 Å². The van der Waals surface area contributed by atoms with Crippen LogP contribution in [0.3, 0.4) is 0 Å². The summed E-state index contributed by atoms with van der Waals surface area (Å²) in [4.78, 5) is 13.0. The summed E-state index contributed by atoms with van der Waals surface area (Å²) in [5.41, 5.74) is 5.35. The third-order valence-corrected chi connectivity index (χ3v) is 5.34. The first-order valence-corrected chi connectivity index (χ1v) is 11.1. The number of rotatable bonds is 2. The smallest absolute Gasteiger partial charge is 0.873 e. The van der Waals surface area contributed by atoms with Gasteiger partial charge in [0.15, 0.2) is 5.82 Å². The molecule has 2 aromatic carbocycles. The Labute approximate surface area is 214 Å². The van der Waals surface area contributed by atoms with Gasteiger partial charge in [0.25, 0.3) is 0 Å². The Kier molecular flexibility index (Phi) is 10.0. The van der Waals surface area contributed by atoms with Gasteiger partial charge in [-0.25, -0.2) is 15.0 Å². The number of benzene rings is 2. The third kappa shape index (κ3) is 7.66. The molecule has 0 fully saturated rings. The van der Waals surface area contributed by atoms with E-state index in [0.717, 1.165) is 17.0 Å². The Morgan fingerprint density at radius 3 is 1.82 bits per heavy atom. The Bertz CT molecular complexity index is 1110. The second-order valence-corrected chi connectivity index (χ2v) is 10.4. The number of hydrogen-bond donors (Lipinski definition) is 0. The molecule has 0 aliphatic rings. The maximum atomic E-state index is 11.8. The Morgan fingerprint density at radius 1 is 0.824 bits per heavy atom. The summed E-state index contributed by atoms with van der Waals surface area (Å²) in [5, 5.41) is 23.4. The van der Waals surface area contributed by atoms with Crippen molar-refractivity contribution in [1.29, 1.82) is 0 Å². The minimum atomic E-state index is -0.391. The quantitative estimate of drug-likeness (QED) is 0.333. The first kappa shape index (κ1) is 29.3. The average Bonchev–Trinajstić information content (AvgIpc) is 2.72. The fourth-order valence-corrected chi connectivity index (χ4v) is 3.28. The van der Waals surface area contributed by atoms with E-state index in [0.29, 0.717) is 11.4 Å². The zero-order valence-electron chi connectivity index (χ0n) is 21.6. The standard InChI is InChI=1S/C14H15N3.C14H22O2.Ni/c1-10-6-4-7-11(2)13(10)17-12(3)14-15-8-5-9-16-14;1-13(2,3)9-7-10(14(4,5)6)12(16)11(15)8-9;/h4-9H,1-3H3;7-8,15-16H,1-6H3;/q;;+2/p-2. The van der Waals surface area contributed by atoms with Crippen LogP contribution in [0.15, 0.2) is 53.8 Å². The molecular formula is C28H35N3NiO2. The molecule has 34 heavy (non-hydrogen) atoms. The van der Waals surface area contributed by atoms with Crippen LogP contribution >= 0.6 is 0 Å². The normalized spacial score (nSPS) is 11.9. The minimum Gasteiger partial charge on any atom is -0.873 e. The molecule has 0 unspecified atom stereocenters. The van der Waals surface area contributed by atoms with Gasteiger partial charge in [-0.05, 0) is 54.4 Å². The van der Waals surface area contributed by atoms with Gasteiger partial charge in [-0.2, -0.15) is 0 Å². The van der Waals surface area contributed by atoms with E-state index < -0.39 is 5.75 Å². The summed E-state index contributed by atoms with van der Waals surface area (Å²) in [6.07, 6.45) is 3.46. The van der Waals surface area contributed by atoms with Gasteiger partial charge >= 0.3 is 16.5 Å². The monoisotopic (exact) mass is 503 g/mol. The molecule has 0 amide bonds. The minimum absolute atomic E-state index is 0. The molecule has 0 saturated carbocycles. The van der Waals surface area contributed by atoms with Crippen molar-refractivity contribution in [3.8, 4) is 11.5 Å². The number of nitrogens with zero attached hydrogens (tertiary/aromatic N) is 3. The van der Waals surface area contributed by atoms with Crippen molar-refractivity contribution in [3.05, 3.63) is 76.9 Å². The van der Waals surface area contributed by atoms with Gasteiger partial charge < -0.3 is 10.2 Å². The van der Waals surface area contributed by atoms with Crippen LogP contribution in [-0.4, -0.2) is 15.7 Å². The Balaban J connectivity index is 0.000000331. The number of aryl methyl sites for hydroxylation is 2. The molecule has 3 rings (SSSR count). The molecule has 0 radical (unpaired) electrons. The van der Waals surface area contributed by atoms with E-state index in [1.165, 1.54) is 17.2 Å². The van der Waals surface area contributed by atoms with Crippen molar-refractivity contribution in [1.82, 2.24) is 9.97 Å². The second kappa shape index (κ2) is 11.6. The SMILES string of the molecule is CC(=Nc1c(C)cccc1C)c1ncccn1.CC(C)(C)c1cc([O-])c([O-])c(C(C)(C)C)c1.[Ni+2]. The van der Waals surface area contributed by atoms with Gasteiger partial charge in [0.1, 0.15) is 0 Å². The van der Waals surface area contributed by atoms with E-state index in [2.05, 4.69) is 40.9 Å². The van der Waals surface area contributed by atoms with Crippen molar-refractivity contribution in [2.24, 2.45) is 4.99 Å². The molecule has 0 aliphatic carbocycles. The topological polar surface area (TPSA) is 84.3 Å². The molecule has 184 valence electrons. The molecule has 0 N–H and O–H groups in total. The number of hydrogen-bond acceptors (Lipinski definition) is 5. The third-order valence-electron chi connectivity index (χ3n) is 5.34. The van der Waals surface area contributed by atoms with Crippen LogP contribution in [-0.2, 0) is 27.3 Å². The molecule has 0 spiro atoms. The van der Waals surface area contributed by atoms with Crippen LogP contribution in [0.1, 0.15) is 76.5 Å². The van der Waals surface area contributed by atoms with Gasteiger partial charge in [-0.15, -0.1) is 11.5 Å². The van der Waals surface area contributed by atoms with Crippen molar-refractivity contribution in [3.63, 3.8) is 0 Å². The average molecular weight is 504 g/mol. The van der Waals surface area contributed by atoms with Crippen molar-refractivity contribution >= 4 is 11.4 Å². The van der Waals surface area contributed by atoms with Crippen LogP contribution in [0.4, 0.5) is 5.69 Å². The fraction of sp³-hybridized carbons (Fsp3) is 0.393. The predicted octanol–water partition coefficient (Wildman–Crippen LogP) is 5.66. The number of para-hydroxylation sites is 1. The molecule has 1 aromatic heterocycles. The Morgan fingerprint density at radius 2 is 1.35 bits per heavy atom. The first-order valence-electron chi connectivity index (χ1n) is 11.1. The first-order chi connectivity index (χ1) is 15.2. The van der Waals surface area contributed by atoms with Crippen LogP contribution in [0.25, 0.3) is 0 Å². The molecule has 0 atom stereocenters. The summed E-state index contributed by atoms with van der Waals surface area (Å²) in [6.45, 7) is 18.0. The fourth-order valence-electron chi connectivity index (χ4n) is 3.28. The molecule has 0 saturated heterocycles. The summed E-state index contributed by atoms with van der Waals surface area (Å²) in [5.74, 6) is -0.0759. The van der Waals surface area contributed by atoms with Gasteiger partial charge in [0.2, 0.25) is 0 Å². The molecule has 0 bridgehead atoms. The largest absolute Gasteiger partial charge is 2.00 e. The zero-order chi connectivity index (χ0) is 25.0. The molecule has 0 aliphatic heterocycles. The predicted molar refractivity (Wildman–Crippen MR) is 133 cm³/mol. The summed E-state index contributed by atoms with van der Waals surface area (Å²) in [7, 11) is 0. The van der Waals surface area contributed by atoms with E-state index in [1.807, 2.05) is 60.6 Å². The zero-order valence-corrected chi connectivity index (χ0v) is 22.6. The number of aliphatic imine (C=N–C) groups is 1. The van der Waals surface area contributed by atoms with E-state index >= 15 is 0 Å². The van der Waals surface area contributed by atoms with Crippen molar-refractivity contribution < 1.29 is 26.7 Å². The van der Waals surface area contributed by atoms with Crippen molar-refractivity contribution in [2.45, 2.75) is 73.1 Å². The van der Waals surface area contributed by atoms with E-state index in [9.17, 15) is 10.2 Å². The number of aromatic nitrogens is 2. The van der Waals surface area contributed by atoms with Crippen LogP contribution < -0.4 is 10.2 Å².